The third kappa shape index (κ3) is 3.97. The molecular weight excluding hydrogens is 472 g/mol. The minimum Gasteiger partial charge on any atom is -0.480 e. The predicted molar refractivity (Wildman–Crippen MR) is 125 cm³/mol. The molecule has 1 aromatic carbocycles. The zero-order valence-electron chi connectivity index (χ0n) is 19.3. The number of benzene rings is 1. The Hall–Kier alpha value is -4.56. The summed E-state index contributed by atoms with van der Waals surface area (Å²) in [6.07, 6.45) is 1.31. The van der Waals surface area contributed by atoms with Gasteiger partial charge in [-0.2, -0.15) is 5.10 Å². The lowest BCUT2D eigenvalue weighted by Crippen LogP contribution is -2.63. The van der Waals surface area contributed by atoms with Gasteiger partial charge in [-0.25, -0.2) is 4.68 Å². The summed E-state index contributed by atoms with van der Waals surface area (Å²) in [6, 6.07) is 7.97. The Labute approximate surface area is 203 Å². The molecule has 186 valence electrons. The molecule has 2 atom stereocenters. The Morgan fingerprint density at radius 1 is 1.33 bits per heavy atom. The van der Waals surface area contributed by atoms with Crippen LogP contribution in [-0.4, -0.2) is 74.0 Å². The summed E-state index contributed by atoms with van der Waals surface area (Å²) in [5.74, 6) is -0.616. The van der Waals surface area contributed by atoms with Gasteiger partial charge in [-0.1, -0.05) is 5.16 Å². The maximum absolute atomic E-state index is 13.4. The SMILES string of the molecule is COc1cc(-n2ccc(N3CCOC(C)(C(O)C(=O)Nc4ccc5c(N)noc5c4)C3=O)n2)cnn1. The maximum Gasteiger partial charge on any atom is 0.263 e. The fourth-order valence-electron chi connectivity index (χ4n) is 3.85. The normalized spacial score (nSPS) is 18.9. The second-order valence-corrected chi connectivity index (χ2v) is 8.16. The summed E-state index contributed by atoms with van der Waals surface area (Å²) in [6.45, 7) is 1.62. The molecule has 4 N–H and O–H groups in total. The van der Waals surface area contributed by atoms with Gasteiger partial charge in [0.1, 0.15) is 0 Å². The number of nitrogens with one attached hydrogen (secondary N) is 1. The van der Waals surface area contributed by atoms with E-state index in [0.717, 1.165) is 0 Å². The molecule has 0 spiro atoms. The number of carbonyl (C=O) groups excluding carboxylic acids is 2. The topological polar surface area (TPSA) is 184 Å². The lowest BCUT2D eigenvalue weighted by atomic mass is 9.94. The number of nitrogens with two attached hydrogens (primary N) is 1. The number of carbonyl (C=O) groups is 2. The van der Waals surface area contributed by atoms with Crippen molar-refractivity contribution in [2.75, 3.05) is 36.2 Å². The van der Waals surface area contributed by atoms with E-state index in [1.807, 2.05) is 0 Å². The Morgan fingerprint density at radius 2 is 2.17 bits per heavy atom. The number of ether oxygens (including phenoxy) is 2. The number of fused-ring (bicyclic) bond motifs is 1. The highest BCUT2D eigenvalue weighted by atomic mass is 16.5. The molecule has 1 fully saturated rings. The highest BCUT2D eigenvalue weighted by molar-refractivity contribution is 6.06. The third-order valence-electron chi connectivity index (χ3n) is 5.87. The van der Waals surface area contributed by atoms with Crippen molar-refractivity contribution in [3.05, 3.63) is 42.7 Å². The van der Waals surface area contributed by atoms with Crippen molar-refractivity contribution in [3.8, 4) is 11.6 Å². The standard InChI is InChI=1S/C22H22N8O6/c1-22(18(31)20(32)25-12-3-4-14-15(9-12)36-28-19(14)23)21(33)29(7-8-35-22)16-5-6-30(27-16)13-10-17(34-2)26-24-11-13/h3-6,9-11,18,31H,7-8H2,1-2H3,(H2,23,28)(H,25,32). The van der Waals surface area contributed by atoms with E-state index in [1.54, 1.807) is 30.5 Å². The lowest BCUT2D eigenvalue weighted by Gasteiger charge is -2.40. The number of nitrogens with zero attached hydrogens (tertiary/aromatic N) is 6. The molecule has 0 aliphatic carbocycles. The second-order valence-electron chi connectivity index (χ2n) is 8.16. The van der Waals surface area contributed by atoms with Gasteiger partial charge in [-0.05, 0) is 19.1 Å². The highest BCUT2D eigenvalue weighted by Crippen LogP contribution is 2.29. The monoisotopic (exact) mass is 494 g/mol. The number of aromatic nitrogens is 5. The van der Waals surface area contributed by atoms with E-state index in [-0.39, 0.29) is 19.0 Å². The molecule has 1 aliphatic rings. The Morgan fingerprint density at radius 3 is 2.97 bits per heavy atom. The number of methoxy groups -OCH3 is 1. The van der Waals surface area contributed by atoms with Gasteiger partial charge < -0.3 is 30.2 Å². The summed E-state index contributed by atoms with van der Waals surface area (Å²) < 4.78 is 17.3. The number of rotatable bonds is 6. The van der Waals surface area contributed by atoms with Crippen molar-refractivity contribution in [2.45, 2.75) is 18.6 Å². The van der Waals surface area contributed by atoms with E-state index in [2.05, 4.69) is 25.8 Å². The van der Waals surface area contributed by atoms with Crippen LogP contribution in [0.5, 0.6) is 5.88 Å². The van der Waals surface area contributed by atoms with Crippen molar-refractivity contribution in [3.63, 3.8) is 0 Å². The first-order valence-corrected chi connectivity index (χ1v) is 10.8. The van der Waals surface area contributed by atoms with Crippen LogP contribution in [0.4, 0.5) is 17.3 Å². The summed E-state index contributed by atoms with van der Waals surface area (Å²) in [5.41, 5.74) is 5.11. The van der Waals surface area contributed by atoms with E-state index in [0.29, 0.717) is 34.0 Å². The number of amides is 2. The van der Waals surface area contributed by atoms with Crippen molar-refractivity contribution in [2.24, 2.45) is 0 Å². The molecular formula is C22H22N8O6. The average Bonchev–Trinajstić information content (AvgIpc) is 3.52. The smallest absolute Gasteiger partial charge is 0.263 e. The van der Waals surface area contributed by atoms with Gasteiger partial charge in [0.15, 0.2) is 28.9 Å². The molecule has 0 saturated carbocycles. The highest BCUT2D eigenvalue weighted by Gasteiger charge is 2.51. The van der Waals surface area contributed by atoms with Crippen LogP contribution in [0.3, 0.4) is 0 Å². The van der Waals surface area contributed by atoms with Crippen LogP contribution in [0.25, 0.3) is 16.7 Å². The van der Waals surface area contributed by atoms with Gasteiger partial charge in [0.05, 0.1) is 37.5 Å². The van der Waals surface area contributed by atoms with Crippen LogP contribution in [-0.2, 0) is 14.3 Å². The molecule has 5 rings (SSSR count). The lowest BCUT2D eigenvalue weighted by molar-refractivity contribution is -0.170. The van der Waals surface area contributed by atoms with Gasteiger partial charge in [-0.3, -0.25) is 14.5 Å². The molecule has 0 bridgehead atoms. The number of aliphatic hydroxyl groups excluding tert-OH is 1. The number of hydrogen-bond acceptors (Lipinski definition) is 11. The first-order valence-electron chi connectivity index (χ1n) is 10.8. The van der Waals surface area contributed by atoms with E-state index in [9.17, 15) is 14.7 Å². The van der Waals surface area contributed by atoms with Crippen molar-refractivity contribution < 1.29 is 28.7 Å². The molecule has 0 radical (unpaired) electrons. The minimum absolute atomic E-state index is 0.0768. The molecule has 36 heavy (non-hydrogen) atoms. The number of nitrogen functional groups attached to an aromatic ring is 1. The first-order chi connectivity index (χ1) is 17.3. The van der Waals surface area contributed by atoms with E-state index < -0.39 is 23.5 Å². The van der Waals surface area contributed by atoms with Gasteiger partial charge in [0.2, 0.25) is 5.88 Å². The van der Waals surface area contributed by atoms with Crippen LogP contribution < -0.4 is 20.7 Å². The summed E-state index contributed by atoms with van der Waals surface area (Å²) in [5, 5.41) is 29.8. The zero-order chi connectivity index (χ0) is 25.4. The fraction of sp³-hybridized carbons (Fsp3) is 0.273. The van der Waals surface area contributed by atoms with Gasteiger partial charge in [0.25, 0.3) is 11.8 Å². The molecule has 2 amide bonds. The summed E-state index contributed by atoms with van der Waals surface area (Å²) in [7, 11) is 1.47. The number of hydrogen-bond donors (Lipinski definition) is 3. The van der Waals surface area contributed by atoms with Crippen molar-refractivity contribution in [1.29, 1.82) is 0 Å². The first kappa shape index (κ1) is 23.2. The second kappa shape index (κ2) is 8.90. The summed E-state index contributed by atoms with van der Waals surface area (Å²) in [4.78, 5) is 27.6. The fourth-order valence-corrected chi connectivity index (χ4v) is 3.85. The average molecular weight is 494 g/mol. The van der Waals surface area contributed by atoms with Gasteiger partial charge >= 0.3 is 0 Å². The zero-order valence-corrected chi connectivity index (χ0v) is 19.3. The van der Waals surface area contributed by atoms with Crippen LogP contribution in [0, 0.1) is 0 Å². The quantitative estimate of drug-likeness (QED) is 0.339. The van der Waals surface area contributed by atoms with Crippen molar-refractivity contribution >= 4 is 40.1 Å². The number of morpholine rings is 1. The maximum atomic E-state index is 13.4. The van der Waals surface area contributed by atoms with Crippen LogP contribution >= 0.6 is 0 Å². The van der Waals surface area contributed by atoms with E-state index >= 15 is 0 Å². The van der Waals surface area contributed by atoms with E-state index in [4.69, 9.17) is 19.7 Å². The van der Waals surface area contributed by atoms with Gasteiger partial charge in [0, 0.05) is 30.1 Å². The van der Waals surface area contributed by atoms with Crippen molar-refractivity contribution in [1.82, 2.24) is 25.1 Å². The molecule has 2 unspecified atom stereocenters. The Kier molecular flexibility index (Phi) is 5.74. The predicted octanol–water partition coefficient (Wildman–Crippen LogP) is 0.516. The molecule has 1 saturated heterocycles. The largest absolute Gasteiger partial charge is 0.480 e. The molecule has 14 nitrogen and oxygen atoms in total. The molecule has 3 aromatic heterocycles. The van der Waals surface area contributed by atoms with Crippen LogP contribution in [0.1, 0.15) is 6.92 Å². The Balaban J connectivity index is 1.34. The summed E-state index contributed by atoms with van der Waals surface area (Å²) >= 11 is 0. The third-order valence-corrected chi connectivity index (χ3v) is 5.87. The molecule has 1 aliphatic heterocycles. The van der Waals surface area contributed by atoms with Crippen LogP contribution in [0.2, 0.25) is 0 Å². The van der Waals surface area contributed by atoms with Crippen LogP contribution in [0.15, 0.2) is 47.2 Å². The number of anilines is 3. The Bertz CT molecular complexity index is 1450. The minimum atomic E-state index is -1.85. The van der Waals surface area contributed by atoms with E-state index in [1.165, 1.54) is 35.9 Å². The molecule has 4 aromatic rings. The molecule has 4 heterocycles. The number of aliphatic hydroxyl groups is 1. The molecule has 14 heteroatoms. The van der Waals surface area contributed by atoms with Gasteiger partial charge in [-0.15, -0.1) is 10.2 Å².